The summed E-state index contributed by atoms with van der Waals surface area (Å²) >= 11 is 0. The van der Waals surface area contributed by atoms with Gasteiger partial charge >= 0.3 is 11.9 Å². The lowest BCUT2D eigenvalue weighted by Crippen LogP contribution is -2.23. The van der Waals surface area contributed by atoms with Crippen molar-refractivity contribution in [2.75, 3.05) is 4.72 Å². The first-order valence-corrected chi connectivity index (χ1v) is 16.7. The maximum Gasteiger partial charge on any atom is 0.338 e. The van der Waals surface area contributed by atoms with E-state index in [0.29, 0.717) is 29.9 Å². The number of nitrogens with zero attached hydrogens (tertiary/aromatic N) is 2. The molecule has 0 amide bonds. The van der Waals surface area contributed by atoms with E-state index in [4.69, 9.17) is 14.6 Å². The number of unbranched alkanes of at least 4 members (excludes halogenated alkanes) is 8. The molecular weight excluding hydrogens is 601 g/mol. The second kappa shape index (κ2) is 16.9. The highest BCUT2D eigenvalue weighted by Crippen LogP contribution is 2.26. The third-order valence-electron chi connectivity index (χ3n) is 6.76. The molecule has 1 heterocycles. The Morgan fingerprint density at radius 1 is 0.844 bits per heavy atom. The summed E-state index contributed by atoms with van der Waals surface area (Å²) in [7, 11) is -4.02. The van der Waals surface area contributed by atoms with Gasteiger partial charge in [-0.3, -0.25) is 4.79 Å². The number of carboxylic acids is 1. The first-order valence-electron chi connectivity index (χ1n) is 15.2. The van der Waals surface area contributed by atoms with E-state index in [1.54, 1.807) is 6.07 Å². The summed E-state index contributed by atoms with van der Waals surface area (Å²) in [4.78, 5) is 30.0. The smallest absolute Gasteiger partial charge is 0.338 e. The number of aromatic carboxylic acids is 1. The van der Waals surface area contributed by atoms with E-state index in [1.165, 1.54) is 36.4 Å². The molecule has 0 unspecified atom stereocenters. The first kappa shape index (κ1) is 35.4. The molecule has 0 saturated heterocycles. The van der Waals surface area contributed by atoms with Crippen LogP contribution >= 0.6 is 0 Å². The zero-order valence-corrected chi connectivity index (χ0v) is 26.9. The number of nitrogens with one attached hydrogen (secondary N) is 1. The fraction of sp³-hybridized carbons (Fsp3) is 0.455. The lowest BCUT2D eigenvalue weighted by Gasteiger charge is -2.19. The molecule has 0 spiro atoms. The van der Waals surface area contributed by atoms with E-state index >= 15 is 0 Å². The van der Waals surface area contributed by atoms with Crippen LogP contribution in [0.4, 0.5) is 10.3 Å². The SMILES string of the molecule is CC(C)(C)OC(=O)CCCCCCCCCCCc1cc(Oc2ccc(S(=O)(=O)Nc3ncc(C(=O)O)cn3)cc2)ccc1F. The summed E-state index contributed by atoms with van der Waals surface area (Å²) in [5, 5.41) is 8.92. The van der Waals surface area contributed by atoms with Crippen LogP contribution < -0.4 is 9.46 Å². The first-order chi connectivity index (χ1) is 21.3. The van der Waals surface area contributed by atoms with E-state index in [2.05, 4.69) is 14.7 Å². The highest BCUT2D eigenvalue weighted by Gasteiger charge is 2.17. The number of halogens is 1. The Hall–Kier alpha value is -4.06. The molecule has 0 aliphatic carbocycles. The number of carboxylic acid groups (broad SMARTS) is 1. The summed E-state index contributed by atoms with van der Waals surface area (Å²) in [5.41, 5.74) is -0.0344. The minimum atomic E-state index is -4.02. The standard InChI is InChI=1S/C33H42FN3O7S/c1-33(2,3)44-30(38)14-12-10-8-6-4-5-7-9-11-13-24-21-27(17-20-29(24)34)43-26-15-18-28(19-16-26)45(41,42)37-32-35-22-25(23-36-32)31(39)40/h15-23H,4-14H2,1-3H3,(H,39,40)(H,35,36,37). The Kier molecular flexibility index (Phi) is 13.3. The highest BCUT2D eigenvalue weighted by atomic mass is 32.2. The number of aryl methyl sites for hydroxylation is 1. The van der Waals surface area contributed by atoms with Crippen molar-refractivity contribution in [3.63, 3.8) is 0 Å². The maximum absolute atomic E-state index is 14.4. The van der Waals surface area contributed by atoms with Crippen LogP contribution in [-0.2, 0) is 26.0 Å². The van der Waals surface area contributed by atoms with E-state index < -0.39 is 21.6 Å². The molecular formula is C33H42FN3O7S. The summed E-state index contributed by atoms with van der Waals surface area (Å²) < 4.78 is 53.1. The third-order valence-corrected chi connectivity index (χ3v) is 8.10. The van der Waals surface area contributed by atoms with E-state index in [-0.39, 0.29) is 28.2 Å². The largest absolute Gasteiger partial charge is 0.478 e. The highest BCUT2D eigenvalue weighted by molar-refractivity contribution is 7.92. The number of rotatable bonds is 18. The lowest BCUT2D eigenvalue weighted by atomic mass is 10.0. The quantitative estimate of drug-likeness (QED) is 0.105. The van der Waals surface area contributed by atoms with Crippen LogP contribution in [0.25, 0.3) is 0 Å². The molecule has 244 valence electrons. The lowest BCUT2D eigenvalue weighted by molar-refractivity contribution is -0.154. The van der Waals surface area contributed by atoms with Gasteiger partial charge in [0, 0.05) is 18.8 Å². The Morgan fingerprint density at radius 3 is 1.98 bits per heavy atom. The number of benzene rings is 2. The normalized spacial score (nSPS) is 11.6. The molecule has 0 radical (unpaired) electrons. The van der Waals surface area contributed by atoms with Gasteiger partial charge in [-0.25, -0.2) is 32.3 Å². The number of hydrogen-bond donors (Lipinski definition) is 2. The Labute approximate surface area is 264 Å². The van der Waals surface area contributed by atoms with Gasteiger partial charge in [0.05, 0.1) is 10.5 Å². The molecule has 2 N–H and O–H groups in total. The molecule has 1 aromatic heterocycles. The average Bonchev–Trinajstić information content (AvgIpc) is 2.97. The molecule has 3 rings (SSSR count). The van der Waals surface area contributed by atoms with Gasteiger partial charge in [-0.05, 0) is 88.1 Å². The predicted octanol–water partition coefficient (Wildman–Crippen LogP) is 7.69. The van der Waals surface area contributed by atoms with Crippen molar-refractivity contribution in [2.24, 2.45) is 0 Å². The number of carbonyl (C=O) groups excluding carboxylic acids is 1. The predicted molar refractivity (Wildman–Crippen MR) is 168 cm³/mol. The Bertz CT molecular complexity index is 1510. The zero-order chi connectivity index (χ0) is 32.9. The van der Waals surface area contributed by atoms with Gasteiger partial charge in [-0.1, -0.05) is 44.9 Å². The topological polar surface area (TPSA) is 145 Å². The minimum Gasteiger partial charge on any atom is -0.478 e. The fourth-order valence-corrected chi connectivity index (χ4v) is 5.47. The molecule has 0 bridgehead atoms. The molecule has 10 nitrogen and oxygen atoms in total. The van der Waals surface area contributed by atoms with Crippen LogP contribution in [0, 0.1) is 5.82 Å². The molecule has 0 aliphatic heterocycles. The summed E-state index contributed by atoms with van der Waals surface area (Å²) in [6.45, 7) is 5.63. The number of anilines is 1. The van der Waals surface area contributed by atoms with Gasteiger partial charge < -0.3 is 14.6 Å². The van der Waals surface area contributed by atoms with E-state index in [1.807, 2.05) is 20.8 Å². The second-order valence-electron chi connectivity index (χ2n) is 11.8. The molecule has 3 aromatic rings. The molecule has 12 heteroatoms. The number of sulfonamides is 1. The van der Waals surface area contributed by atoms with E-state index in [9.17, 15) is 22.4 Å². The van der Waals surface area contributed by atoms with Crippen molar-refractivity contribution < 1.29 is 37.0 Å². The van der Waals surface area contributed by atoms with Crippen LogP contribution in [0.1, 0.15) is 101 Å². The van der Waals surface area contributed by atoms with Crippen LogP contribution in [-0.4, -0.2) is 41.0 Å². The zero-order valence-electron chi connectivity index (χ0n) is 26.1. The number of carbonyl (C=O) groups is 2. The second-order valence-corrected chi connectivity index (χ2v) is 13.5. The molecule has 2 aromatic carbocycles. The van der Waals surface area contributed by atoms with Crippen LogP contribution in [0.3, 0.4) is 0 Å². The molecule has 0 atom stereocenters. The Balaban J connectivity index is 1.37. The molecule has 0 fully saturated rings. The number of ether oxygens (including phenoxy) is 2. The van der Waals surface area contributed by atoms with Crippen molar-refractivity contribution in [1.82, 2.24) is 9.97 Å². The summed E-state index contributed by atoms with van der Waals surface area (Å²) in [6.07, 6.45) is 12.4. The molecule has 45 heavy (non-hydrogen) atoms. The van der Waals surface area contributed by atoms with Gasteiger partial charge in [0.2, 0.25) is 5.95 Å². The van der Waals surface area contributed by atoms with Crippen molar-refractivity contribution in [1.29, 1.82) is 0 Å². The van der Waals surface area contributed by atoms with Crippen molar-refractivity contribution >= 4 is 27.9 Å². The summed E-state index contributed by atoms with van der Waals surface area (Å²) in [6, 6.07) is 10.2. The van der Waals surface area contributed by atoms with Crippen molar-refractivity contribution in [3.05, 3.63) is 71.8 Å². The number of hydrogen-bond acceptors (Lipinski definition) is 8. The van der Waals surface area contributed by atoms with Crippen LogP contribution in [0.2, 0.25) is 0 Å². The van der Waals surface area contributed by atoms with Gasteiger partial charge in [-0.15, -0.1) is 0 Å². The molecule has 0 aliphatic rings. The van der Waals surface area contributed by atoms with Gasteiger partial charge in [0.15, 0.2) is 0 Å². The monoisotopic (exact) mass is 643 g/mol. The van der Waals surface area contributed by atoms with Gasteiger partial charge in [0.25, 0.3) is 10.0 Å². The maximum atomic E-state index is 14.4. The molecule has 0 saturated carbocycles. The van der Waals surface area contributed by atoms with Gasteiger partial charge in [-0.2, -0.15) is 0 Å². The average molecular weight is 644 g/mol. The summed E-state index contributed by atoms with van der Waals surface area (Å²) in [5.74, 6) is -1.09. The minimum absolute atomic E-state index is 0.0706. The van der Waals surface area contributed by atoms with Gasteiger partial charge in [0.1, 0.15) is 22.9 Å². The fourth-order valence-electron chi connectivity index (χ4n) is 4.51. The van der Waals surface area contributed by atoms with Crippen LogP contribution in [0.15, 0.2) is 59.8 Å². The number of aromatic nitrogens is 2. The van der Waals surface area contributed by atoms with Crippen molar-refractivity contribution in [3.8, 4) is 11.5 Å². The van der Waals surface area contributed by atoms with Crippen LogP contribution in [0.5, 0.6) is 11.5 Å². The number of esters is 1. The van der Waals surface area contributed by atoms with Crippen molar-refractivity contribution in [2.45, 2.75) is 102 Å². The Morgan fingerprint density at radius 2 is 1.40 bits per heavy atom. The van der Waals surface area contributed by atoms with E-state index in [0.717, 1.165) is 70.2 Å². The third kappa shape index (κ3) is 12.8.